The Labute approximate surface area is 118 Å². The molecule has 114 valence electrons. The first-order valence-electron chi connectivity index (χ1n) is 7.26. The predicted octanol–water partition coefficient (Wildman–Crippen LogP) is 1.16. The number of ether oxygens (including phenoxy) is 1. The Morgan fingerprint density at radius 2 is 1.89 bits per heavy atom. The molecule has 1 unspecified atom stereocenters. The molecule has 0 bridgehead atoms. The molecule has 1 heterocycles. The molecule has 5 nitrogen and oxygen atoms in total. The Balaban J connectivity index is 2.63. The lowest BCUT2D eigenvalue weighted by Crippen LogP contribution is -2.64. The number of hydrogen-bond donors (Lipinski definition) is 2. The second-order valence-electron chi connectivity index (χ2n) is 5.21. The lowest BCUT2D eigenvalue weighted by molar-refractivity contribution is -0.0156. The number of hydrogen-bond acceptors (Lipinski definition) is 5. The molecule has 0 amide bonds. The highest BCUT2D eigenvalue weighted by atomic mass is 28.4. The zero-order chi connectivity index (χ0) is 14.2. The summed E-state index contributed by atoms with van der Waals surface area (Å²) in [5, 5.41) is 3.14. The lowest BCUT2D eigenvalue weighted by Gasteiger charge is -2.48. The fourth-order valence-electron chi connectivity index (χ4n) is 3.25. The van der Waals surface area contributed by atoms with Gasteiger partial charge >= 0.3 is 8.56 Å². The minimum absolute atomic E-state index is 0.195. The van der Waals surface area contributed by atoms with Crippen molar-refractivity contribution in [2.45, 2.75) is 43.4 Å². The zero-order valence-corrected chi connectivity index (χ0v) is 13.7. The highest BCUT2D eigenvalue weighted by Crippen LogP contribution is 2.42. The van der Waals surface area contributed by atoms with Crippen LogP contribution in [0.15, 0.2) is 0 Å². The summed E-state index contributed by atoms with van der Waals surface area (Å²) >= 11 is 0. The van der Waals surface area contributed by atoms with Crippen molar-refractivity contribution in [3.63, 3.8) is 0 Å². The molecular weight excluding hydrogens is 260 g/mol. The monoisotopic (exact) mass is 290 g/mol. The minimum Gasteiger partial charge on any atom is -0.396 e. The molecule has 1 atom stereocenters. The molecular formula is C13H30N2O3Si. The van der Waals surface area contributed by atoms with E-state index in [0.717, 1.165) is 38.4 Å². The summed E-state index contributed by atoms with van der Waals surface area (Å²) in [4.78, 5) is 0. The van der Waals surface area contributed by atoms with Crippen LogP contribution in [-0.4, -0.2) is 54.7 Å². The molecule has 0 radical (unpaired) electrons. The first-order valence-corrected chi connectivity index (χ1v) is 9.29. The Bertz CT molecular complexity index is 252. The molecule has 0 aliphatic carbocycles. The van der Waals surface area contributed by atoms with Crippen LogP contribution in [0.2, 0.25) is 6.04 Å². The Morgan fingerprint density at radius 1 is 1.16 bits per heavy atom. The maximum absolute atomic E-state index is 5.94. The average molecular weight is 290 g/mol. The van der Waals surface area contributed by atoms with E-state index in [0.29, 0.717) is 6.54 Å². The van der Waals surface area contributed by atoms with E-state index >= 15 is 0 Å². The molecule has 0 saturated carbocycles. The van der Waals surface area contributed by atoms with Crippen LogP contribution in [0.3, 0.4) is 0 Å². The van der Waals surface area contributed by atoms with E-state index in [-0.39, 0.29) is 5.22 Å². The third kappa shape index (κ3) is 3.77. The quantitative estimate of drug-likeness (QED) is 0.493. The van der Waals surface area contributed by atoms with Gasteiger partial charge < -0.3 is 24.6 Å². The first-order chi connectivity index (χ1) is 9.20. The Morgan fingerprint density at radius 3 is 2.47 bits per heavy atom. The molecule has 1 saturated heterocycles. The third-order valence-electron chi connectivity index (χ3n) is 4.34. The van der Waals surface area contributed by atoms with Gasteiger partial charge in [0.1, 0.15) is 5.22 Å². The molecule has 19 heavy (non-hydrogen) atoms. The summed E-state index contributed by atoms with van der Waals surface area (Å²) in [5.74, 6) is 0. The lowest BCUT2D eigenvalue weighted by atomic mass is 10.1. The van der Waals surface area contributed by atoms with Crippen LogP contribution in [0, 0.1) is 0 Å². The van der Waals surface area contributed by atoms with Gasteiger partial charge in [0.15, 0.2) is 0 Å². The molecule has 0 aromatic rings. The van der Waals surface area contributed by atoms with Gasteiger partial charge in [0.25, 0.3) is 0 Å². The van der Waals surface area contributed by atoms with Gasteiger partial charge in [-0.15, -0.1) is 0 Å². The number of rotatable bonds is 9. The summed E-state index contributed by atoms with van der Waals surface area (Å²) in [7, 11) is 3.11. The van der Waals surface area contributed by atoms with Gasteiger partial charge in [-0.1, -0.05) is 12.8 Å². The van der Waals surface area contributed by atoms with Crippen molar-refractivity contribution in [2.24, 2.45) is 5.73 Å². The summed E-state index contributed by atoms with van der Waals surface area (Å²) < 4.78 is 17.7. The minimum atomic E-state index is -2.25. The van der Waals surface area contributed by atoms with Crippen LogP contribution in [-0.2, 0) is 13.6 Å². The standard InChI is InChI=1S/C13H30N2O3Si/c1-16-13(8-6-10-15-11-9-14)7-4-5-12-19(13,17-2)18-3/h15H,4-12,14H2,1-3H3. The smallest absolute Gasteiger partial charge is 0.370 e. The summed E-state index contributed by atoms with van der Waals surface area (Å²) in [6, 6.07) is 1.03. The molecule has 1 rings (SSSR count). The third-order valence-corrected chi connectivity index (χ3v) is 8.76. The van der Waals surface area contributed by atoms with E-state index in [4.69, 9.17) is 19.3 Å². The van der Waals surface area contributed by atoms with Crippen LogP contribution in [0.4, 0.5) is 0 Å². The van der Waals surface area contributed by atoms with Gasteiger partial charge in [-0.2, -0.15) is 0 Å². The first kappa shape index (κ1) is 17.1. The van der Waals surface area contributed by atoms with Crippen molar-refractivity contribution in [2.75, 3.05) is 41.0 Å². The van der Waals surface area contributed by atoms with Crippen molar-refractivity contribution in [3.8, 4) is 0 Å². The zero-order valence-electron chi connectivity index (χ0n) is 12.7. The van der Waals surface area contributed by atoms with Gasteiger partial charge in [0.2, 0.25) is 0 Å². The SMILES string of the molecule is COC1(CCCNCCN)CCCC[Si]1(OC)OC. The van der Waals surface area contributed by atoms with Gasteiger partial charge in [0, 0.05) is 34.4 Å². The predicted molar refractivity (Wildman–Crippen MR) is 79.3 cm³/mol. The molecule has 0 aromatic heterocycles. The van der Waals surface area contributed by atoms with E-state index in [1.54, 1.807) is 21.3 Å². The van der Waals surface area contributed by atoms with Gasteiger partial charge in [-0.3, -0.25) is 0 Å². The molecule has 3 N–H and O–H groups in total. The molecule has 0 spiro atoms. The van der Waals surface area contributed by atoms with Crippen molar-refractivity contribution in [3.05, 3.63) is 0 Å². The topological polar surface area (TPSA) is 65.7 Å². The van der Waals surface area contributed by atoms with E-state index in [9.17, 15) is 0 Å². The normalized spacial score (nSPS) is 26.5. The fourth-order valence-corrected chi connectivity index (χ4v) is 7.16. The molecule has 1 fully saturated rings. The highest BCUT2D eigenvalue weighted by Gasteiger charge is 2.58. The average Bonchev–Trinajstić information content (AvgIpc) is 2.47. The Hall–Kier alpha value is 0.0169. The largest absolute Gasteiger partial charge is 0.396 e. The molecule has 0 aromatic carbocycles. The van der Waals surface area contributed by atoms with Gasteiger partial charge in [0.05, 0.1) is 0 Å². The second kappa shape index (κ2) is 8.34. The number of nitrogens with one attached hydrogen (secondary N) is 1. The number of nitrogens with two attached hydrogens (primary N) is 1. The second-order valence-corrected chi connectivity index (χ2v) is 8.94. The maximum atomic E-state index is 5.94. The summed E-state index contributed by atoms with van der Waals surface area (Å²) in [6.45, 7) is 2.53. The van der Waals surface area contributed by atoms with Crippen molar-refractivity contribution in [1.82, 2.24) is 5.32 Å². The van der Waals surface area contributed by atoms with E-state index < -0.39 is 8.56 Å². The van der Waals surface area contributed by atoms with E-state index in [2.05, 4.69) is 5.32 Å². The van der Waals surface area contributed by atoms with Crippen LogP contribution in [0.25, 0.3) is 0 Å². The van der Waals surface area contributed by atoms with Crippen molar-refractivity contribution >= 4 is 8.56 Å². The van der Waals surface area contributed by atoms with E-state index in [1.165, 1.54) is 12.8 Å². The summed E-state index contributed by atoms with van der Waals surface area (Å²) in [5.41, 5.74) is 5.47. The maximum Gasteiger partial charge on any atom is 0.370 e. The molecule has 1 aliphatic heterocycles. The van der Waals surface area contributed by atoms with Gasteiger partial charge in [-0.05, 0) is 31.9 Å². The molecule has 6 heteroatoms. The van der Waals surface area contributed by atoms with Crippen LogP contribution < -0.4 is 11.1 Å². The highest BCUT2D eigenvalue weighted by molar-refractivity contribution is 6.70. The molecule has 1 aliphatic rings. The van der Waals surface area contributed by atoms with Crippen molar-refractivity contribution in [1.29, 1.82) is 0 Å². The summed E-state index contributed by atoms with van der Waals surface area (Å²) in [6.07, 6.45) is 5.49. The van der Waals surface area contributed by atoms with Crippen LogP contribution in [0.1, 0.15) is 32.1 Å². The fraction of sp³-hybridized carbons (Fsp3) is 1.00. The van der Waals surface area contributed by atoms with E-state index in [1.807, 2.05) is 0 Å². The number of methoxy groups -OCH3 is 1. The Kier molecular flexibility index (Phi) is 7.49. The van der Waals surface area contributed by atoms with Crippen molar-refractivity contribution < 1.29 is 13.6 Å². The van der Waals surface area contributed by atoms with Crippen LogP contribution in [0.5, 0.6) is 0 Å². The van der Waals surface area contributed by atoms with Crippen LogP contribution >= 0.6 is 0 Å². The van der Waals surface area contributed by atoms with Gasteiger partial charge in [-0.25, -0.2) is 0 Å².